The maximum absolute atomic E-state index is 11.6. The van der Waals surface area contributed by atoms with E-state index in [1.54, 1.807) is 0 Å². The monoisotopic (exact) mass is 598 g/mol. The molecule has 0 aromatic heterocycles. The Hall–Kier alpha value is -2.04. The van der Waals surface area contributed by atoms with Crippen molar-refractivity contribution in [2.45, 2.75) is 140 Å². The van der Waals surface area contributed by atoms with Gasteiger partial charge in [-0.2, -0.15) is 0 Å². The number of aliphatic hydroxyl groups is 1. The molecule has 240 valence electrons. The summed E-state index contributed by atoms with van der Waals surface area (Å²) in [5, 5.41) is 45.8. The van der Waals surface area contributed by atoms with Gasteiger partial charge >= 0.3 is 11.9 Å². The Morgan fingerprint density at radius 1 is 0.814 bits per heavy atom. The van der Waals surface area contributed by atoms with Crippen molar-refractivity contribution in [2.24, 2.45) is 23.7 Å². The summed E-state index contributed by atoms with van der Waals surface area (Å²) in [6.07, 6.45) is 6.47. The molecule has 9 heteroatoms. The normalized spacial score (nSPS) is 42.0. The average Bonchev–Trinajstić information content (AvgIpc) is 3.59. The molecule has 5 heterocycles. The van der Waals surface area contributed by atoms with Crippen LogP contribution in [0.5, 0.6) is 0 Å². The largest absolute Gasteiger partial charge is 0.481 e. The molecule has 8 bridgehead atoms. The lowest BCUT2D eigenvalue weighted by Crippen LogP contribution is -2.46. The topological polar surface area (TPSA) is 143 Å². The van der Waals surface area contributed by atoms with Crippen LogP contribution in [-0.4, -0.2) is 81.7 Å². The van der Waals surface area contributed by atoms with E-state index in [1.165, 1.54) is 16.7 Å². The molecule has 3 fully saturated rings. The highest BCUT2D eigenvalue weighted by Crippen LogP contribution is 2.42. The molecule has 0 aromatic carbocycles. The van der Waals surface area contributed by atoms with Crippen LogP contribution in [0.15, 0.2) is 34.9 Å². The number of aliphatic carboxylic acids is 2. The van der Waals surface area contributed by atoms with Crippen LogP contribution >= 0.6 is 0 Å². The van der Waals surface area contributed by atoms with Gasteiger partial charge in [0.1, 0.15) is 0 Å². The van der Waals surface area contributed by atoms with Crippen LogP contribution in [0, 0.1) is 23.7 Å². The summed E-state index contributed by atoms with van der Waals surface area (Å²) in [4.78, 5) is 23.3. The molecular weight excluding hydrogens is 544 g/mol. The fourth-order valence-corrected chi connectivity index (χ4v) is 9.60. The molecule has 9 nitrogen and oxygen atoms in total. The van der Waals surface area contributed by atoms with E-state index in [4.69, 9.17) is 0 Å². The Labute approximate surface area is 257 Å². The van der Waals surface area contributed by atoms with Crippen molar-refractivity contribution in [1.82, 2.24) is 21.3 Å². The first-order valence-corrected chi connectivity index (χ1v) is 16.6. The van der Waals surface area contributed by atoms with Gasteiger partial charge in [-0.15, -0.1) is 6.58 Å². The summed E-state index contributed by atoms with van der Waals surface area (Å²) in [7, 11) is 0. The maximum Gasteiger partial charge on any atom is 0.303 e. The van der Waals surface area contributed by atoms with Crippen LogP contribution in [0.1, 0.15) is 86.0 Å². The minimum Gasteiger partial charge on any atom is -0.481 e. The van der Waals surface area contributed by atoms with Gasteiger partial charge in [-0.1, -0.05) is 36.6 Å². The molecule has 0 aromatic rings. The van der Waals surface area contributed by atoms with E-state index in [9.17, 15) is 24.9 Å². The number of fused-ring (bicyclic) bond motifs is 8. The molecule has 0 aliphatic carbocycles. The van der Waals surface area contributed by atoms with Gasteiger partial charge in [0.15, 0.2) is 0 Å². The van der Waals surface area contributed by atoms with Gasteiger partial charge in [-0.3, -0.25) is 9.59 Å². The van der Waals surface area contributed by atoms with Crippen LogP contribution < -0.4 is 21.3 Å². The van der Waals surface area contributed by atoms with Gasteiger partial charge in [0.25, 0.3) is 0 Å². The van der Waals surface area contributed by atoms with Gasteiger partial charge < -0.3 is 36.6 Å². The first kappa shape index (κ1) is 32.4. The van der Waals surface area contributed by atoms with Crippen molar-refractivity contribution in [3.05, 3.63) is 34.9 Å². The Bertz CT molecular complexity index is 1150. The molecule has 5 rings (SSSR count). The highest BCUT2D eigenvalue weighted by atomic mass is 16.4. The molecule has 0 spiro atoms. The number of carbonyl (C=O) groups is 2. The molecule has 7 N–H and O–H groups in total. The van der Waals surface area contributed by atoms with Crippen molar-refractivity contribution in [2.75, 3.05) is 0 Å². The standard InChI is InChI=1S/C34H54N4O5/c1-7-21-16(2)26-14-31-34(20(6)39)19(5)27(38-31)12-24-17(3)22(8-10-32(40)41)29(36-24)15-30-23(9-11-33(42)43)18(4)25(37-30)13-28(21)35-26/h7,16-17,20-22,24-31,35-39H,1,8-15H2,2-6H3,(H,40,41)(H,42,43). The first-order valence-electron chi connectivity index (χ1n) is 16.6. The molecule has 13 atom stereocenters. The minimum atomic E-state index is -0.781. The van der Waals surface area contributed by atoms with E-state index in [2.05, 4.69) is 61.6 Å². The molecular formula is C34H54N4O5. The van der Waals surface area contributed by atoms with Crippen LogP contribution in [0.2, 0.25) is 0 Å². The molecule has 0 saturated carbocycles. The van der Waals surface area contributed by atoms with Gasteiger partial charge in [-0.25, -0.2) is 0 Å². The SMILES string of the molecule is C=CC1C2CC3NC(CC4NC(CC5NC(CC(N2)C1C)C(C(C)O)=C5C)C(C)C4CCC(=O)O)C(CCC(=O)O)=C3C. The quantitative estimate of drug-likeness (QED) is 0.209. The third kappa shape index (κ3) is 6.52. The number of carboxylic acid groups (broad SMARTS) is 2. The predicted octanol–water partition coefficient (Wildman–Crippen LogP) is 3.36. The van der Waals surface area contributed by atoms with Crippen molar-refractivity contribution < 1.29 is 24.9 Å². The first-order chi connectivity index (χ1) is 20.4. The van der Waals surface area contributed by atoms with E-state index in [-0.39, 0.29) is 67.1 Å². The summed E-state index contributed by atoms with van der Waals surface area (Å²) >= 11 is 0. The lowest BCUT2D eigenvalue weighted by Gasteiger charge is -2.28. The Morgan fingerprint density at radius 3 is 2.02 bits per heavy atom. The maximum atomic E-state index is 11.6. The van der Waals surface area contributed by atoms with Crippen molar-refractivity contribution in [1.29, 1.82) is 0 Å². The Balaban J connectivity index is 1.51. The predicted molar refractivity (Wildman–Crippen MR) is 168 cm³/mol. The zero-order valence-electron chi connectivity index (χ0n) is 26.6. The number of aliphatic hydroxyl groups excluding tert-OH is 1. The Morgan fingerprint density at radius 2 is 1.37 bits per heavy atom. The fourth-order valence-electron chi connectivity index (χ4n) is 9.60. The highest BCUT2D eigenvalue weighted by Gasteiger charge is 2.47. The van der Waals surface area contributed by atoms with Crippen molar-refractivity contribution in [3.63, 3.8) is 0 Å². The number of carboxylic acids is 2. The van der Waals surface area contributed by atoms with Gasteiger partial charge in [0.05, 0.1) is 6.10 Å². The summed E-state index contributed by atoms with van der Waals surface area (Å²) in [5.74, 6) is -0.335. The number of rotatable bonds is 8. The third-order valence-corrected chi connectivity index (χ3v) is 12.0. The summed E-state index contributed by atoms with van der Waals surface area (Å²) in [6, 6.07) is 1.30. The van der Waals surface area contributed by atoms with E-state index in [0.29, 0.717) is 30.6 Å². The zero-order chi connectivity index (χ0) is 31.2. The van der Waals surface area contributed by atoms with E-state index in [0.717, 1.165) is 31.3 Å². The second kappa shape index (κ2) is 13.1. The van der Waals surface area contributed by atoms with Gasteiger partial charge in [0, 0.05) is 61.2 Å². The lowest BCUT2D eigenvalue weighted by atomic mass is 9.80. The average molecular weight is 599 g/mol. The number of nitrogens with one attached hydrogen (secondary N) is 4. The summed E-state index contributed by atoms with van der Waals surface area (Å²) in [6.45, 7) is 15.0. The van der Waals surface area contributed by atoms with E-state index in [1.807, 2.05) is 6.92 Å². The fraction of sp³-hybridized carbons (Fsp3) is 0.765. The van der Waals surface area contributed by atoms with Crippen LogP contribution in [-0.2, 0) is 9.59 Å². The molecule has 13 unspecified atom stereocenters. The molecule has 0 radical (unpaired) electrons. The Kier molecular flexibility index (Phi) is 9.88. The van der Waals surface area contributed by atoms with Crippen LogP contribution in [0.4, 0.5) is 0 Å². The second-order valence-electron chi connectivity index (χ2n) is 14.3. The van der Waals surface area contributed by atoms with Crippen molar-refractivity contribution >= 4 is 11.9 Å². The highest BCUT2D eigenvalue weighted by molar-refractivity contribution is 5.67. The van der Waals surface area contributed by atoms with Crippen molar-refractivity contribution in [3.8, 4) is 0 Å². The van der Waals surface area contributed by atoms with Gasteiger partial charge in [0.2, 0.25) is 0 Å². The van der Waals surface area contributed by atoms with E-state index >= 15 is 0 Å². The molecule has 0 amide bonds. The second-order valence-corrected chi connectivity index (χ2v) is 14.3. The molecule has 3 saturated heterocycles. The lowest BCUT2D eigenvalue weighted by molar-refractivity contribution is -0.138. The number of hydrogen-bond donors (Lipinski definition) is 7. The zero-order valence-corrected chi connectivity index (χ0v) is 26.6. The van der Waals surface area contributed by atoms with E-state index < -0.39 is 18.0 Å². The minimum absolute atomic E-state index is 0.0577. The smallest absolute Gasteiger partial charge is 0.303 e. The summed E-state index contributed by atoms with van der Waals surface area (Å²) in [5.41, 5.74) is 4.83. The van der Waals surface area contributed by atoms with Gasteiger partial charge in [-0.05, 0) is 88.5 Å². The molecule has 43 heavy (non-hydrogen) atoms. The third-order valence-electron chi connectivity index (χ3n) is 12.0. The summed E-state index contributed by atoms with van der Waals surface area (Å²) < 4.78 is 0. The van der Waals surface area contributed by atoms with Crippen LogP contribution in [0.25, 0.3) is 0 Å². The molecule has 5 aliphatic heterocycles. The van der Waals surface area contributed by atoms with Crippen LogP contribution in [0.3, 0.4) is 0 Å². The molecule has 5 aliphatic rings. The number of hydrogen-bond acceptors (Lipinski definition) is 7.